The lowest BCUT2D eigenvalue weighted by molar-refractivity contribution is -0.304. The third-order valence-electron chi connectivity index (χ3n) is 9.53. The lowest BCUT2D eigenvalue weighted by atomic mass is 9.44. The average molecular weight is 375 g/mol. The number of alkyl halides is 3. The summed E-state index contributed by atoms with van der Waals surface area (Å²) in [5, 5.41) is 12.4. The quantitative estimate of drug-likeness (QED) is 0.572. The molecule has 0 amide bonds. The van der Waals surface area contributed by atoms with Gasteiger partial charge < -0.3 is 5.11 Å². The molecule has 25 heavy (non-hydrogen) atoms. The molecule has 5 rings (SSSR count). The molecule has 142 valence electrons. The van der Waals surface area contributed by atoms with Gasteiger partial charge in [-0.25, -0.2) is 0 Å². The third kappa shape index (κ3) is 2.03. The highest BCUT2D eigenvalue weighted by molar-refractivity contribution is 8.07. The lowest BCUT2D eigenvalue weighted by Crippen LogP contribution is -2.60. The molecular formula is C20H29F3OS. The first-order valence-electron chi connectivity index (χ1n) is 10.0. The van der Waals surface area contributed by atoms with E-state index in [1.165, 1.54) is 19.3 Å². The average Bonchev–Trinajstić information content (AvgIpc) is 3.19. The Morgan fingerprint density at radius 2 is 1.68 bits per heavy atom. The monoisotopic (exact) mass is 374 g/mol. The number of fused-ring (bicyclic) bond motifs is 6. The number of rotatable bonds is 0. The van der Waals surface area contributed by atoms with Crippen LogP contribution in [0, 0.1) is 34.5 Å². The Labute approximate surface area is 152 Å². The van der Waals surface area contributed by atoms with Crippen LogP contribution >= 0.6 is 11.8 Å². The van der Waals surface area contributed by atoms with E-state index in [9.17, 15) is 18.3 Å². The Morgan fingerprint density at radius 1 is 0.960 bits per heavy atom. The highest BCUT2D eigenvalue weighted by Gasteiger charge is 2.73. The van der Waals surface area contributed by atoms with E-state index in [1.54, 1.807) is 6.92 Å². The molecule has 0 aromatic heterocycles. The maximum Gasteiger partial charge on any atom is 0.417 e. The molecule has 1 N–H and O–H groups in total. The molecule has 1 nitrogen and oxygen atoms in total. The molecule has 0 aromatic carbocycles. The predicted molar refractivity (Wildman–Crippen MR) is 93.3 cm³/mol. The summed E-state index contributed by atoms with van der Waals surface area (Å²) in [6, 6.07) is 0. The maximum absolute atomic E-state index is 13.7. The van der Waals surface area contributed by atoms with E-state index in [2.05, 4.69) is 18.7 Å². The zero-order chi connectivity index (χ0) is 17.8. The number of aliphatic hydroxyl groups is 1. The van der Waals surface area contributed by atoms with Crippen molar-refractivity contribution in [3.8, 4) is 0 Å². The molecule has 0 radical (unpaired) electrons. The Bertz CT molecular complexity index is 594. The fourth-order valence-corrected chi connectivity index (χ4v) is 9.37. The maximum atomic E-state index is 13.7. The van der Waals surface area contributed by atoms with E-state index in [1.807, 2.05) is 0 Å². The zero-order valence-corrected chi connectivity index (χ0v) is 15.9. The summed E-state index contributed by atoms with van der Waals surface area (Å²) in [5.41, 5.74) is -3.13. The second kappa shape index (κ2) is 4.92. The summed E-state index contributed by atoms with van der Waals surface area (Å²) in [7, 11) is 0. The molecule has 0 aromatic rings. The molecular weight excluding hydrogens is 345 g/mol. The Kier molecular flexibility index (Phi) is 3.39. The Balaban J connectivity index is 1.47. The van der Waals surface area contributed by atoms with Crippen LogP contribution in [0.15, 0.2) is 0 Å². The smallest absolute Gasteiger partial charge is 0.380 e. The molecule has 0 bridgehead atoms. The van der Waals surface area contributed by atoms with E-state index in [-0.39, 0.29) is 12.3 Å². The highest BCUT2D eigenvalue weighted by Crippen LogP contribution is 2.72. The van der Waals surface area contributed by atoms with Crippen LogP contribution in [0.4, 0.5) is 13.2 Å². The summed E-state index contributed by atoms with van der Waals surface area (Å²) in [4.78, 5) is 0. The van der Waals surface area contributed by atoms with Gasteiger partial charge in [0.15, 0.2) is 5.60 Å². The molecule has 9 atom stereocenters. The highest BCUT2D eigenvalue weighted by atomic mass is 32.2. The van der Waals surface area contributed by atoms with Crippen LogP contribution in [0.25, 0.3) is 0 Å². The second-order valence-electron chi connectivity index (χ2n) is 10.2. The lowest BCUT2D eigenvalue weighted by Gasteiger charge is -2.61. The molecule has 1 heterocycles. The van der Waals surface area contributed by atoms with Gasteiger partial charge in [0.05, 0.1) is 0 Å². The SMILES string of the molecule is C[C@]12CCC3C(CC[C@@H]4C[C@@H]5S[C@@H]5C[C@]34C)C1CC[C@@]2(O)C(F)(F)F. The van der Waals surface area contributed by atoms with Crippen molar-refractivity contribution in [2.24, 2.45) is 34.5 Å². The molecule has 5 fully saturated rings. The minimum atomic E-state index is -4.51. The third-order valence-corrected chi connectivity index (χ3v) is 10.9. The second-order valence-corrected chi connectivity index (χ2v) is 11.6. The van der Waals surface area contributed by atoms with Crippen molar-refractivity contribution in [3.05, 3.63) is 0 Å². The Morgan fingerprint density at radius 3 is 2.40 bits per heavy atom. The van der Waals surface area contributed by atoms with Crippen LogP contribution in [0.3, 0.4) is 0 Å². The molecule has 1 aliphatic heterocycles. The van der Waals surface area contributed by atoms with Crippen molar-refractivity contribution in [3.63, 3.8) is 0 Å². The first-order valence-corrected chi connectivity index (χ1v) is 11.0. The van der Waals surface area contributed by atoms with Crippen LogP contribution in [0.1, 0.15) is 65.2 Å². The van der Waals surface area contributed by atoms with Gasteiger partial charge >= 0.3 is 6.18 Å². The van der Waals surface area contributed by atoms with E-state index in [0.29, 0.717) is 30.1 Å². The first kappa shape index (κ1) is 17.2. The van der Waals surface area contributed by atoms with Gasteiger partial charge in [0.2, 0.25) is 0 Å². The normalized spacial score (nSPS) is 60.2. The summed E-state index contributed by atoms with van der Waals surface area (Å²) in [6.07, 6.45) is 2.26. The minimum absolute atomic E-state index is 0.0419. The number of thioether (sulfide) groups is 1. The largest absolute Gasteiger partial charge is 0.417 e. The molecule has 4 saturated carbocycles. The van der Waals surface area contributed by atoms with Crippen LogP contribution in [-0.2, 0) is 0 Å². The molecule has 1 saturated heterocycles. The standard InChI is InChI=1S/C20H29F3OS/c1-17-10-16-15(25-16)9-11(17)3-4-12-13(17)5-7-18(2)14(12)6-8-19(18,24)20(21,22)23/h11-16,24H,3-10H2,1-2H3/t11-,12?,13?,14?,15+,16-,17+,18+,19+/m1/s1. The molecule has 5 heteroatoms. The van der Waals surface area contributed by atoms with Crippen LogP contribution in [0.2, 0.25) is 0 Å². The van der Waals surface area contributed by atoms with Gasteiger partial charge in [0.25, 0.3) is 0 Å². The fourth-order valence-electron chi connectivity index (χ4n) is 8.00. The van der Waals surface area contributed by atoms with Crippen molar-refractivity contribution >= 4 is 11.8 Å². The van der Waals surface area contributed by atoms with Crippen molar-refractivity contribution in [1.82, 2.24) is 0 Å². The zero-order valence-electron chi connectivity index (χ0n) is 15.1. The van der Waals surface area contributed by atoms with Gasteiger partial charge in [0.1, 0.15) is 0 Å². The summed E-state index contributed by atoms with van der Waals surface area (Å²) >= 11 is 2.14. The molecule has 4 aliphatic carbocycles. The molecule has 5 aliphatic rings. The fraction of sp³-hybridized carbons (Fsp3) is 1.00. The predicted octanol–water partition coefficient (Wildman–Crippen LogP) is 5.42. The van der Waals surface area contributed by atoms with Crippen molar-refractivity contribution in [1.29, 1.82) is 0 Å². The number of halogens is 3. The van der Waals surface area contributed by atoms with Crippen molar-refractivity contribution in [2.75, 3.05) is 0 Å². The molecule has 0 spiro atoms. The van der Waals surface area contributed by atoms with Crippen molar-refractivity contribution in [2.45, 2.75) is 87.5 Å². The van der Waals surface area contributed by atoms with E-state index in [0.717, 1.165) is 29.3 Å². The van der Waals surface area contributed by atoms with Gasteiger partial charge in [0, 0.05) is 15.9 Å². The van der Waals surface area contributed by atoms with E-state index < -0.39 is 17.2 Å². The molecule has 3 unspecified atom stereocenters. The number of hydrogen-bond acceptors (Lipinski definition) is 2. The minimum Gasteiger partial charge on any atom is -0.380 e. The van der Waals surface area contributed by atoms with Gasteiger partial charge in [-0.1, -0.05) is 13.8 Å². The Hall–Kier alpha value is 0.100. The summed E-state index contributed by atoms with van der Waals surface area (Å²) < 4.78 is 41.2. The summed E-state index contributed by atoms with van der Waals surface area (Å²) in [5.74, 6) is 1.77. The van der Waals surface area contributed by atoms with Gasteiger partial charge in [-0.3, -0.25) is 0 Å². The van der Waals surface area contributed by atoms with Gasteiger partial charge in [-0.15, -0.1) is 0 Å². The first-order chi connectivity index (χ1) is 11.6. The topological polar surface area (TPSA) is 20.2 Å². The summed E-state index contributed by atoms with van der Waals surface area (Å²) in [6.45, 7) is 4.20. The van der Waals surface area contributed by atoms with Crippen LogP contribution in [0.5, 0.6) is 0 Å². The van der Waals surface area contributed by atoms with Gasteiger partial charge in [-0.2, -0.15) is 24.9 Å². The van der Waals surface area contributed by atoms with E-state index >= 15 is 0 Å². The number of hydrogen-bond donors (Lipinski definition) is 1. The van der Waals surface area contributed by atoms with Crippen molar-refractivity contribution < 1.29 is 18.3 Å². The van der Waals surface area contributed by atoms with E-state index in [4.69, 9.17) is 0 Å². The van der Waals surface area contributed by atoms with Crippen LogP contribution < -0.4 is 0 Å². The van der Waals surface area contributed by atoms with Crippen LogP contribution in [-0.4, -0.2) is 27.4 Å². The van der Waals surface area contributed by atoms with Gasteiger partial charge in [-0.05, 0) is 80.5 Å².